The number of rotatable bonds is 4. The van der Waals surface area contributed by atoms with E-state index >= 15 is 0 Å². The molecule has 2 N–H and O–H groups in total. The van der Waals surface area contributed by atoms with E-state index in [9.17, 15) is 4.39 Å². The monoisotopic (exact) mass is 291 g/mol. The van der Waals surface area contributed by atoms with Gasteiger partial charge in [0.2, 0.25) is 5.95 Å². The van der Waals surface area contributed by atoms with Crippen molar-refractivity contribution in [1.29, 1.82) is 5.26 Å². The summed E-state index contributed by atoms with van der Waals surface area (Å²) in [6.07, 6.45) is 1.06. The van der Waals surface area contributed by atoms with E-state index in [2.05, 4.69) is 20.6 Å². The molecule has 1 aromatic carbocycles. The summed E-state index contributed by atoms with van der Waals surface area (Å²) in [7, 11) is 0. The van der Waals surface area contributed by atoms with Gasteiger partial charge in [-0.2, -0.15) is 10.2 Å². The van der Waals surface area contributed by atoms with Crippen molar-refractivity contribution in [2.45, 2.75) is 6.92 Å². The maximum absolute atomic E-state index is 13.7. The molecule has 1 aromatic heterocycles. The fraction of sp³-hybridized carbons (Fsp3) is 0.154. The number of nitrogens with zero attached hydrogens (tertiary/aromatic N) is 3. The lowest BCUT2D eigenvalue weighted by Crippen LogP contribution is -2.06. The van der Waals surface area contributed by atoms with Crippen LogP contribution in [0.4, 0.5) is 21.8 Å². The molecule has 0 saturated carbocycles. The Morgan fingerprint density at radius 2 is 2.25 bits per heavy atom. The van der Waals surface area contributed by atoms with Gasteiger partial charge in [-0.05, 0) is 25.1 Å². The van der Waals surface area contributed by atoms with Gasteiger partial charge in [0.05, 0.1) is 17.4 Å². The van der Waals surface area contributed by atoms with Gasteiger partial charge < -0.3 is 10.6 Å². The van der Waals surface area contributed by atoms with Crippen LogP contribution in [0.1, 0.15) is 12.5 Å². The third kappa shape index (κ3) is 3.13. The fourth-order valence-corrected chi connectivity index (χ4v) is 1.72. The average molecular weight is 292 g/mol. The normalized spacial score (nSPS) is 9.90. The summed E-state index contributed by atoms with van der Waals surface area (Å²) in [5, 5.41) is 15.1. The molecule has 0 amide bonds. The van der Waals surface area contributed by atoms with Crippen molar-refractivity contribution in [3.8, 4) is 6.07 Å². The summed E-state index contributed by atoms with van der Waals surface area (Å²) in [5.41, 5.74) is 0.734. The van der Waals surface area contributed by atoms with E-state index in [1.54, 1.807) is 12.1 Å². The molecule has 0 saturated heterocycles. The SMILES string of the molecule is CCNc1ncc(F)c(Nc2cc(Cl)ccc2C#N)n1. The minimum Gasteiger partial charge on any atom is -0.354 e. The van der Waals surface area contributed by atoms with Crippen LogP contribution in [0.3, 0.4) is 0 Å². The summed E-state index contributed by atoms with van der Waals surface area (Å²) in [4.78, 5) is 7.80. The molecule has 0 aliphatic heterocycles. The molecule has 0 aliphatic carbocycles. The molecule has 0 atom stereocenters. The highest BCUT2D eigenvalue weighted by Crippen LogP contribution is 2.25. The Morgan fingerprint density at radius 1 is 1.45 bits per heavy atom. The Bertz CT molecular complexity index is 668. The molecule has 7 heteroatoms. The molecule has 5 nitrogen and oxygen atoms in total. The molecule has 0 bridgehead atoms. The van der Waals surface area contributed by atoms with E-state index < -0.39 is 5.82 Å². The van der Waals surface area contributed by atoms with Crippen LogP contribution in [-0.4, -0.2) is 16.5 Å². The molecule has 0 radical (unpaired) electrons. The van der Waals surface area contributed by atoms with Gasteiger partial charge in [-0.1, -0.05) is 11.6 Å². The second kappa shape index (κ2) is 6.17. The van der Waals surface area contributed by atoms with Crippen LogP contribution < -0.4 is 10.6 Å². The van der Waals surface area contributed by atoms with Gasteiger partial charge in [-0.15, -0.1) is 0 Å². The van der Waals surface area contributed by atoms with E-state index in [0.717, 1.165) is 6.20 Å². The first-order valence-corrected chi connectivity index (χ1v) is 6.25. The number of anilines is 3. The first kappa shape index (κ1) is 14.0. The van der Waals surface area contributed by atoms with Crippen LogP contribution in [0, 0.1) is 17.1 Å². The lowest BCUT2D eigenvalue weighted by molar-refractivity contribution is 0.619. The molecule has 102 valence electrons. The van der Waals surface area contributed by atoms with Gasteiger partial charge in [0, 0.05) is 11.6 Å². The second-order valence-corrected chi connectivity index (χ2v) is 4.28. The van der Waals surface area contributed by atoms with Crippen LogP contribution in [0.25, 0.3) is 0 Å². The molecule has 20 heavy (non-hydrogen) atoms. The molecule has 0 unspecified atom stereocenters. The van der Waals surface area contributed by atoms with E-state index in [1.807, 2.05) is 13.0 Å². The molecule has 2 rings (SSSR count). The van der Waals surface area contributed by atoms with Crippen molar-refractivity contribution in [2.24, 2.45) is 0 Å². The number of aromatic nitrogens is 2. The van der Waals surface area contributed by atoms with E-state index in [4.69, 9.17) is 16.9 Å². The largest absolute Gasteiger partial charge is 0.354 e. The molecule has 0 aliphatic rings. The van der Waals surface area contributed by atoms with Crippen LogP contribution in [0.2, 0.25) is 5.02 Å². The number of halogens is 2. The van der Waals surface area contributed by atoms with Crippen molar-refractivity contribution in [3.63, 3.8) is 0 Å². The predicted octanol–water partition coefficient (Wildman–Crippen LogP) is 3.32. The molecule has 1 heterocycles. The average Bonchev–Trinajstić information content (AvgIpc) is 2.43. The van der Waals surface area contributed by atoms with E-state index in [1.165, 1.54) is 6.07 Å². The number of benzene rings is 1. The van der Waals surface area contributed by atoms with Crippen LogP contribution in [0.5, 0.6) is 0 Å². The minimum atomic E-state index is -0.615. The van der Waals surface area contributed by atoms with E-state index in [-0.39, 0.29) is 5.82 Å². The highest BCUT2D eigenvalue weighted by molar-refractivity contribution is 6.30. The van der Waals surface area contributed by atoms with Crippen molar-refractivity contribution in [3.05, 3.63) is 40.8 Å². The summed E-state index contributed by atoms with van der Waals surface area (Å²) in [5.74, 6) is -0.331. The maximum atomic E-state index is 13.7. The van der Waals surface area contributed by atoms with Crippen LogP contribution in [-0.2, 0) is 0 Å². The quantitative estimate of drug-likeness (QED) is 0.904. The topological polar surface area (TPSA) is 73.6 Å². The zero-order valence-electron chi connectivity index (χ0n) is 10.6. The number of nitrogens with one attached hydrogen (secondary N) is 2. The van der Waals surface area contributed by atoms with Gasteiger partial charge in [-0.3, -0.25) is 0 Å². The summed E-state index contributed by atoms with van der Waals surface area (Å²) in [6, 6.07) is 6.68. The molecule has 0 fully saturated rings. The van der Waals surface area contributed by atoms with Crippen LogP contribution in [0.15, 0.2) is 24.4 Å². The first-order chi connectivity index (χ1) is 9.63. The molecule has 2 aromatic rings. The lowest BCUT2D eigenvalue weighted by atomic mass is 10.2. The zero-order chi connectivity index (χ0) is 14.5. The van der Waals surface area contributed by atoms with Crippen molar-refractivity contribution >= 4 is 29.1 Å². The highest BCUT2D eigenvalue weighted by atomic mass is 35.5. The van der Waals surface area contributed by atoms with Crippen molar-refractivity contribution in [1.82, 2.24) is 9.97 Å². The Balaban J connectivity index is 2.37. The zero-order valence-corrected chi connectivity index (χ0v) is 11.4. The fourth-order valence-electron chi connectivity index (χ4n) is 1.54. The highest BCUT2D eigenvalue weighted by Gasteiger charge is 2.10. The number of hydrogen-bond acceptors (Lipinski definition) is 5. The Hall–Kier alpha value is -2.39. The Morgan fingerprint density at radius 3 is 2.95 bits per heavy atom. The summed E-state index contributed by atoms with van der Waals surface area (Å²) < 4.78 is 13.7. The second-order valence-electron chi connectivity index (χ2n) is 3.85. The third-order valence-corrected chi connectivity index (χ3v) is 2.67. The van der Waals surface area contributed by atoms with Gasteiger partial charge in [0.15, 0.2) is 11.6 Å². The molecule has 0 spiro atoms. The minimum absolute atomic E-state index is 0.0188. The van der Waals surface area contributed by atoms with Gasteiger partial charge in [0.1, 0.15) is 6.07 Å². The number of hydrogen-bond donors (Lipinski definition) is 2. The van der Waals surface area contributed by atoms with Crippen LogP contribution >= 0.6 is 11.6 Å². The summed E-state index contributed by atoms with van der Waals surface area (Å²) >= 11 is 5.87. The maximum Gasteiger partial charge on any atom is 0.224 e. The molecular formula is C13H11ClFN5. The molecular weight excluding hydrogens is 281 g/mol. The lowest BCUT2D eigenvalue weighted by Gasteiger charge is -2.10. The number of nitriles is 1. The predicted molar refractivity (Wildman–Crippen MR) is 75.6 cm³/mol. The van der Waals surface area contributed by atoms with Gasteiger partial charge >= 0.3 is 0 Å². The van der Waals surface area contributed by atoms with Gasteiger partial charge in [0.25, 0.3) is 0 Å². The summed E-state index contributed by atoms with van der Waals surface area (Å²) in [6.45, 7) is 2.50. The standard InChI is InChI=1S/C13H11ClFN5/c1-2-17-13-18-7-10(15)12(20-13)19-11-5-9(14)4-3-8(11)6-16/h3-5,7H,2H2,1H3,(H2,17,18,19,20). The smallest absolute Gasteiger partial charge is 0.224 e. The van der Waals surface area contributed by atoms with Crippen molar-refractivity contribution < 1.29 is 4.39 Å². The first-order valence-electron chi connectivity index (χ1n) is 5.87. The Kier molecular flexibility index (Phi) is 4.33. The van der Waals surface area contributed by atoms with Gasteiger partial charge in [-0.25, -0.2) is 9.37 Å². The van der Waals surface area contributed by atoms with E-state index in [0.29, 0.717) is 28.8 Å². The van der Waals surface area contributed by atoms with Crippen molar-refractivity contribution in [2.75, 3.05) is 17.2 Å². The Labute approximate surface area is 120 Å². The third-order valence-electron chi connectivity index (χ3n) is 2.43.